The normalized spacial score (nSPS) is 19.9. The Kier molecular flexibility index (Phi) is 4.13. The topological polar surface area (TPSA) is 61.0 Å². The summed E-state index contributed by atoms with van der Waals surface area (Å²) in [4.78, 5) is 15.8. The lowest BCUT2D eigenvalue weighted by Crippen LogP contribution is -2.47. The summed E-state index contributed by atoms with van der Waals surface area (Å²) in [7, 11) is 0. The summed E-state index contributed by atoms with van der Waals surface area (Å²) in [6.45, 7) is 3.01. The summed E-state index contributed by atoms with van der Waals surface area (Å²) in [6.07, 6.45) is 5.36. The lowest BCUT2D eigenvalue weighted by atomic mass is 10.1. The third kappa shape index (κ3) is 3.26. The maximum Gasteiger partial charge on any atom is 0.254 e. The molecule has 106 valence electrons. The quantitative estimate of drug-likeness (QED) is 0.903. The SMILES string of the molecule is O=C(NC1CCCN(Cc2cccs2)C1)c1cn[nH]c1. The number of amides is 1. The van der Waals surface area contributed by atoms with Crippen LogP contribution in [0.5, 0.6) is 0 Å². The van der Waals surface area contributed by atoms with Crippen LogP contribution in [0.25, 0.3) is 0 Å². The second kappa shape index (κ2) is 6.19. The van der Waals surface area contributed by atoms with Crippen molar-refractivity contribution in [3.63, 3.8) is 0 Å². The molecule has 3 heterocycles. The smallest absolute Gasteiger partial charge is 0.254 e. The molecule has 20 heavy (non-hydrogen) atoms. The summed E-state index contributed by atoms with van der Waals surface area (Å²) in [5.74, 6) is -0.0401. The van der Waals surface area contributed by atoms with Gasteiger partial charge in [0.15, 0.2) is 0 Å². The Morgan fingerprint density at radius 1 is 1.60 bits per heavy atom. The van der Waals surface area contributed by atoms with Crippen molar-refractivity contribution < 1.29 is 4.79 Å². The third-order valence-electron chi connectivity index (χ3n) is 3.56. The first kappa shape index (κ1) is 13.3. The summed E-state index contributed by atoms with van der Waals surface area (Å²) in [6, 6.07) is 4.48. The summed E-state index contributed by atoms with van der Waals surface area (Å²) in [5, 5.41) is 11.7. The minimum absolute atomic E-state index is 0.0401. The molecule has 1 amide bonds. The standard InChI is InChI=1S/C14H18N4OS/c19-14(11-7-15-16-8-11)17-12-3-1-5-18(9-12)10-13-4-2-6-20-13/h2,4,6-8,12H,1,3,5,9-10H2,(H,15,16)(H,17,19). The highest BCUT2D eigenvalue weighted by atomic mass is 32.1. The maximum absolute atomic E-state index is 12.0. The van der Waals surface area contributed by atoms with Crippen LogP contribution in [0.1, 0.15) is 28.1 Å². The highest BCUT2D eigenvalue weighted by molar-refractivity contribution is 7.09. The van der Waals surface area contributed by atoms with Crippen LogP contribution in [0.3, 0.4) is 0 Å². The van der Waals surface area contributed by atoms with Crippen LogP contribution in [-0.2, 0) is 6.54 Å². The van der Waals surface area contributed by atoms with E-state index in [4.69, 9.17) is 0 Å². The van der Waals surface area contributed by atoms with Crippen molar-refractivity contribution in [1.29, 1.82) is 0 Å². The van der Waals surface area contributed by atoms with Crippen LogP contribution in [-0.4, -0.2) is 40.1 Å². The molecular weight excluding hydrogens is 272 g/mol. The number of carbonyl (C=O) groups is 1. The zero-order valence-electron chi connectivity index (χ0n) is 11.2. The predicted molar refractivity (Wildman–Crippen MR) is 78.7 cm³/mol. The summed E-state index contributed by atoms with van der Waals surface area (Å²) < 4.78 is 0. The van der Waals surface area contributed by atoms with Gasteiger partial charge in [0, 0.05) is 30.2 Å². The van der Waals surface area contributed by atoms with Crippen LogP contribution in [0, 0.1) is 0 Å². The van der Waals surface area contributed by atoms with E-state index in [1.54, 1.807) is 23.7 Å². The second-order valence-electron chi connectivity index (χ2n) is 5.11. The van der Waals surface area contributed by atoms with Gasteiger partial charge in [-0.25, -0.2) is 0 Å². The van der Waals surface area contributed by atoms with Gasteiger partial charge in [-0.1, -0.05) is 6.07 Å². The van der Waals surface area contributed by atoms with Gasteiger partial charge in [0.25, 0.3) is 5.91 Å². The van der Waals surface area contributed by atoms with E-state index in [1.165, 1.54) is 4.88 Å². The zero-order chi connectivity index (χ0) is 13.8. The summed E-state index contributed by atoms with van der Waals surface area (Å²) >= 11 is 1.79. The molecule has 3 rings (SSSR count). The maximum atomic E-state index is 12.0. The number of aromatic amines is 1. The van der Waals surface area contributed by atoms with Crippen LogP contribution in [0.4, 0.5) is 0 Å². The highest BCUT2D eigenvalue weighted by Gasteiger charge is 2.22. The number of nitrogens with one attached hydrogen (secondary N) is 2. The molecule has 1 saturated heterocycles. The molecule has 0 radical (unpaired) electrons. The Morgan fingerprint density at radius 2 is 2.55 bits per heavy atom. The van der Waals surface area contributed by atoms with E-state index in [9.17, 15) is 4.79 Å². The molecule has 1 aliphatic heterocycles. The minimum Gasteiger partial charge on any atom is -0.348 e. The van der Waals surface area contributed by atoms with Gasteiger partial charge in [0.1, 0.15) is 0 Å². The largest absolute Gasteiger partial charge is 0.348 e. The van der Waals surface area contributed by atoms with Crippen LogP contribution in [0.15, 0.2) is 29.9 Å². The Bertz CT molecular complexity index is 538. The first-order valence-corrected chi connectivity index (χ1v) is 7.73. The van der Waals surface area contributed by atoms with Gasteiger partial charge in [-0.15, -0.1) is 11.3 Å². The van der Waals surface area contributed by atoms with Crippen molar-refractivity contribution in [3.8, 4) is 0 Å². The van der Waals surface area contributed by atoms with E-state index in [0.29, 0.717) is 5.56 Å². The van der Waals surface area contributed by atoms with E-state index in [-0.39, 0.29) is 11.9 Å². The average Bonchev–Trinajstić information content (AvgIpc) is 3.12. The first-order chi connectivity index (χ1) is 9.81. The number of piperidine rings is 1. The van der Waals surface area contributed by atoms with Crippen LogP contribution in [0.2, 0.25) is 0 Å². The van der Waals surface area contributed by atoms with E-state index < -0.39 is 0 Å². The van der Waals surface area contributed by atoms with E-state index in [0.717, 1.165) is 32.5 Å². The number of hydrogen-bond acceptors (Lipinski definition) is 4. The number of H-pyrrole nitrogens is 1. The van der Waals surface area contributed by atoms with Crippen molar-refractivity contribution in [2.24, 2.45) is 0 Å². The fraction of sp³-hybridized carbons (Fsp3) is 0.429. The molecule has 2 aromatic heterocycles. The number of aromatic nitrogens is 2. The van der Waals surface area contributed by atoms with Crippen molar-refractivity contribution >= 4 is 17.2 Å². The molecule has 2 N–H and O–H groups in total. The van der Waals surface area contributed by atoms with Crippen LogP contribution >= 0.6 is 11.3 Å². The van der Waals surface area contributed by atoms with Gasteiger partial charge in [-0.3, -0.25) is 14.8 Å². The first-order valence-electron chi connectivity index (χ1n) is 6.85. The molecule has 0 bridgehead atoms. The molecule has 0 aliphatic carbocycles. The highest BCUT2D eigenvalue weighted by Crippen LogP contribution is 2.17. The lowest BCUT2D eigenvalue weighted by molar-refractivity contribution is 0.0901. The molecule has 1 atom stereocenters. The van der Waals surface area contributed by atoms with Crippen molar-refractivity contribution in [1.82, 2.24) is 20.4 Å². The van der Waals surface area contributed by atoms with Crippen molar-refractivity contribution in [2.45, 2.75) is 25.4 Å². The number of rotatable bonds is 4. The fourth-order valence-corrected chi connectivity index (χ4v) is 3.33. The van der Waals surface area contributed by atoms with E-state index in [2.05, 4.69) is 37.9 Å². The Balaban J connectivity index is 1.54. The lowest BCUT2D eigenvalue weighted by Gasteiger charge is -2.32. The monoisotopic (exact) mass is 290 g/mol. The predicted octanol–water partition coefficient (Wildman–Crippen LogP) is 1.87. The zero-order valence-corrected chi connectivity index (χ0v) is 12.0. The molecule has 0 aromatic carbocycles. The molecule has 2 aromatic rings. The van der Waals surface area contributed by atoms with Gasteiger partial charge < -0.3 is 5.32 Å². The second-order valence-corrected chi connectivity index (χ2v) is 6.15. The molecule has 0 saturated carbocycles. The summed E-state index contributed by atoms with van der Waals surface area (Å²) in [5.41, 5.74) is 0.598. The third-order valence-corrected chi connectivity index (χ3v) is 4.42. The molecule has 0 spiro atoms. The Hall–Kier alpha value is -1.66. The van der Waals surface area contributed by atoms with Gasteiger partial charge in [-0.05, 0) is 30.8 Å². The van der Waals surface area contributed by atoms with E-state index in [1.807, 2.05) is 0 Å². The average molecular weight is 290 g/mol. The molecular formula is C14H18N4OS. The van der Waals surface area contributed by atoms with Gasteiger partial charge in [-0.2, -0.15) is 5.10 Å². The minimum atomic E-state index is -0.0401. The number of thiophene rings is 1. The molecule has 1 fully saturated rings. The number of hydrogen-bond donors (Lipinski definition) is 2. The molecule has 1 aliphatic rings. The van der Waals surface area contributed by atoms with Gasteiger partial charge in [0.05, 0.1) is 11.8 Å². The van der Waals surface area contributed by atoms with Gasteiger partial charge in [0.2, 0.25) is 0 Å². The molecule has 6 heteroatoms. The fourth-order valence-electron chi connectivity index (χ4n) is 2.58. The van der Waals surface area contributed by atoms with Gasteiger partial charge >= 0.3 is 0 Å². The van der Waals surface area contributed by atoms with E-state index >= 15 is 0 Å². The van der Waals surface area contributed by atoms with Crippen molar-refractivity contribution in [2.75, 3.05) is 13.1 Å². The Morgan fingerprint density at radius 3 is 3.30 bits per heavy atom. The molecule has 1 unspecified atom stereocenters. The van der Waals surface area contributed by atoms with Crippen molar-refractivity contribution in [3.05, 3.63) is 40.3 Å². The number of likely N-dealkylation sites (tertiary alicyclic amines) is 1. The number of carbonyl (C=O) groups excluding carboxylic acids is 1. The number of nitrogens with zero attached hydrogens (tertiary/aromatic N) is 2. The Labute approximate surface area is 122 Å². The van der Waals surface area contributed by atoms with Crippen LogP contribution < -0.4 is 5.32 Å². The molecule has 5 nitrogen and oxygen atoms in total.